The quantitative estimate of drug-likeness (QED) is 0.429. The Morgan fingerprint density at radius 1 is 0.875 bits per heavy atom. The van der Waals surface area contributed by atoms with Gasteiger partial charge >= 0.3 is 8.56 Å². The van der Waals surface area contributed by atoms with E-state index in [1.807, 2.05) is 39.0 Å². The molecule has 9 nitrogen and oxygen atoms in total. The molecule has 4 heterocycles. The highest BCUT2D eigenvalue weighted by molar-refractivity contribution is 6.73. The Labute approximate surface area is 240 Å². The maximum Gasteiger partial charge on any atom is 0.349 e. The molecule has 0 N–H and O–H groups in total. The van der Waals surface area contributed by atoms with Crippen molar-refractivity contribution in [2.24, 2.45) is 0 Å². The van der Waals surface area contributed by atoms with E-state index in [1.165, 1.54) is 0 Å². The van der Waals surface area contributed by atoms with E-state index in [0.29, 0.717) is 13.2 Å². The van der Waals surface area contributed by atoms with Gasteiger partial charge < -0.3 is 42.0 Å². The Morgan fingerprint density at radius 2 is 1.52 bits per heavy atom. The molecule has 0 radical (unpaired) electrons. The summed E-state index contributed by atoms with van der Waals surface area (Å²) in [5.41, 5.74) is 1.07. The van der Waals surface area contributed by atoms with Gasteiger partial charge in [0.05, 0.1) is 19.3 Å². The van der Waals surface area contributed by atoms with Gasteiger partial charge in [-0.25, -0.2) is 0 Å². The fourth-order valence-electron chi connectivity index (χ4n) is 6.80. The minimum absolute atomic E-state index is 0.173. The maximum absolute atomic E-state index is 7.11. The molecular formula is C30H48O9Si. The molecule has 0 bridgehead atoms. The molecule has 226 valence electrons. The van der Waals surface area contributed by atoms with Crippen LogP contribution in [-0.4, -0.2) is 83.4 Å². The Hall–Kier alpha value is -0.923. The molecule has 4 aliphatic heterocycles. The molecule has 0 saturated carbocycles. The van der Waals surface area contributed by atoms with Crippen molar-refractivity contribution in [1.82, 2.24) is 0 Å². The number of fused-ring (bicyclic) bond motifs is 2. The first-order valence-electron chi connectivity index (χ1n) is 14.5. The normalized spacial score (nSPS) is 39.1. The van der Waals surface area contributed by atoms with Crippen LogP contribution in [0.1, 0.15) is 67.9 Å². The van der Waals surface area contributed by atoms with Crippen LogP contribution in [0.3, 0.4) is 0 Å². The third-order valence-corrected chi connectivity index (χ3v) is 13.5. The lowest BCUT2D eigenvalue weighted by Gasteiger charge is -2.53. The molecule has 0 spiro atoms. The van der Waals surface area contributed by atoms with Crippen LogP contribution < -0.4 is 0 Å². The molecular weight excluding hydrogens is 532 g/mol. The van der Waals surface area contributed by atoms with Crippen molar-refractivity contribution >= 4 is 8.56 Å². The van der Waals surface area contributed by atoms with Crippen molar-refractivity contribution in [3.63, 3.8) is 0 Å². The SMILES string of the molecule is CO[C@@H]1O[C@@H](C)[C@H](O[C@@H]2O[C@@H]3CO[Si](C(C)(C)C)(C(C)(C)C)O[C@H]3[C@@H]2OCc2ccccc2)[C@H]2OC(C)(C)O[C@@H]12. The van der Waals surface area contributed by atoms with Crippen LogP contribution in [0.25, 0.3) is 0 Å². The predicted molar refractivity (Wildman–Crippen MR) is 150 cm³/mol. The van der Waals surface area contributed by atoms with Gasteiger partial charge in [0.2, 0.25) is 0 Å². The van der Waals surface area contributed by atoms with E-state index in [-0.39, 0.29) is 28.4 Å². The zero-order chi connectivity index (χ0) is 29.1. The lowest BCUT2D eigenvalue weighted by molar-refractivity contribution is -0.301. The van der Waals surface area contributed by atoms with Crippen LogP contribution >= 0.6 is 0 Å². The van der Waals surface area contributed by atoms with Crippen molar-refractivity contribution < 1.29 is 42.0 Å². The average molecular weight is 581 g/mol. The highest BCUT2D eigenvalue weighted by atomic mass is 28.4. The zero-order valence-corrected chi connectivity index (χ0v) is 26.7. The summed E-state index contributed by atoms with van der Waals surface area (Å²) in [6, 6.07) is 10.1. The van der Waals surface area contributed by atoms with Crippen LogP contribution in [0.2, 0.25) is 10.1 Å². The Kier molecular flexibility index (Phi) is 8.37. The van der Waals surface area contributed by atoms with E-state index in [4.69, 9.17) is 42.0 Å². The van der Waals surface area contributed by atoms with E-state index in [9.17, 15) is 0 Å². The Morgan fingerprint density at radius 3 is 2.15 bits per heavy atom. The van der Waals surface area contributed by atoms with E-state index in [0.717, 1.165) is 5.56 Å². The van der Waals surface area contributed by atoms with Crippen molar-refractivity contribution in [2.75, 3.05) is 13.7 Å². The summed E-state index contributed by atoms with van der Waals surface area (Å²) in [5.74, 6) is -0.795. The summed E-state index contributed by atoms with van der Waals surface area (Å²) in [6.07, 6.45) is -4.06. The van der Waals surface area contributed by atoms with Gasteiger partial charge in [0.15, 0.2) is 18.4 Å². The first kappa shape index (κ1) is 30.5. The lowest BCUT2D eigenvalue weighted by atomic mass is 9.99. The second-order valence-corrected chi connectivity index (χ2v) is 18.7. The number of benzene rings is 1. The van der Waals surface area contributed by atoms with Crippen molar-refractivity contribution in [3.8, 4) is 0 Å². The molecule has 5 rings (SSSR count). The standard InChI is InChI=1S/C30H48O9Si/c1-18-21(23-25(26(31-10)34-18)38-30(8,9)37-23)36-27-24(32-16-19-14-12-11-13-15-19)22-20(35-27)17-33-40(39-22,28(2,3)4)29(5,6)7/h11-15,18,20-27H,16-17H2,1-10H3/t18-,20+,21-,22+,23+,24-,25+,26+,27-/m0/s1. The summed E-state index contributed by atoms with van der Waals surface area (Å²) in [4.78, 5) is 0. The first-order chi connectivity index (χ1) is 18.7. The molecule has 1 aromatic carbocycles. The molecule has 4 saturated heterocycles. The molecule has 10 heteroatoms. The fraction of sp³-hybridized carbons (Fsp3) is 0.800. The second-order valence-electron chi connectivity index (χ2n) is 13.9. The van der Waals surface area contributed by atoms with Gasteiger partial charge in [-0.1, -0.05) is 71.9 Å². The number of hydrogen-bond donors (Lipinski definition) is 0. The predicted octanol–water partition coefficient (Wildman–Crippen LogP) is 5.05. The largest absolute Gasteiger partial charge is 0.391 e. The summed E-state index contributed by atoms with van der Waals surface area (Å²) in [5, 5.41) is -0.346. The fourth-order valence-corrected chi connectivity index (χ4v) is 11.8. The molecule has 9 atom stereocenters. The molecule has 1 aromatic rings. The van der Waals surface area contributed by atoms with Gasteiger partial charge in [0.1, 0.15) is 36.6 Å². The summed E-state index contributed by atoms with van der Waals surface area (Å²) in [7, 11) is -1.16. The van der Waals surface area contributed by atoms with Crippen molar-refractivity contribution in [1.29, 1.82) is 0 Å². The first-order valence-corrected chi connectivity index (χ1v) is 16.3. The Balaban J connectivity index is 1.43. The van der Waals surface area contributed by atoms with E-state index in [1.54, 1.807) is 7.11 Å². The van der Waals surface area contributed by atoms with Crippen LogP contribution in [0, 0.1) is 0 Å². The third-order valence-electron chi connectivity index (χ3n) is 8.37. The molecule has 0 amide bonds. The topological polar surface area (TPSA) is 83.1 Å². The summed E-state index contributed by atoms with van der Waals surface area (Å²) in [6.45, 7) is 19.8. The molecule has 4 fully saturated rings. The number of ether oxygens (including phenoxy) is 7. The lowest BCUT2D eigenvalue weighted by Crippen LogP contribution is -2.65. The smallest absolute Gasteiger partial charge is 0.349 e. The van der Waals surface area contributed by atoms with E-state index in [2.05, 4.69) is 53.7 Å². The van der Waals surface area contributed by atoms with Gasteiger partial charge in [-0.05, 0) is 26.3 Å². The van der Waals surface area contributed by atoms with Gasteiger partial charge in [-0.2, -0.15) is 0 Å². The van der Waals surface area contributed by atoms with E-state index < -0.39 is 51.3 Å². The number of rotatable bonds is 6. The third kappa shape index (κ3) is 5.57. The van der Waals surface area contributed by atoms with Crippen LogP contribution in [-0.2, 0) is 48.6 Å². The van der Waals surface area contributed by atoms with Crippen molar-refractivity contribution in [3.05, 3.63) is 35.9 Å². The van der Waals surface area contributed by atoms with E-state index >= 15 is 0 Å². The number of hydrogen-bond acceptors (Lipinski definition) is 9. The van der Waals surface area contributed by atoms with Crippen LogP contribution in [0.15, 0.2) is 30.3 Å². The van der Waals surface area contributed by atoms with Crippen LogP contribution in [0.5, 0.6) is 0 Å². The molecule has 0 aliphatic carbocycles. The van der Waals surface area contributed by atoms with Gasteiger partial charge in [-0.3, -0.25) is 0 Å². The molecule has 0 aromatic heterocycles. The maximum atomic E-state index is 7.11. The highest BCUT2D eigenvalue weighted by Gasteiger charge is 2.66. The molecule has 0 unspecified atom stereocenters. The van der Waals surface area contributed by atoms with Gasteiger partial charge in [0.25, 0.3) is 0 Å². The summed E-state index contributed by atoms with van der Waals surface area (Å²) < 4.78 is 58.0. The average Bonchev–Trinajstić information content (AvgIpc) is 3.38. The molecule has 40 heavy (non-hydrogen) atoms. The van der Waals surface area contributed by atoms with Crippen LogP contribution in [0.4, 0.5) is 0 Å². The minimum atomic E-state index is -2.77. The highest BCUT2D eigenvalue weighted by Crippen LogP contribution is 2.55. The second kappa shape index (κ2) is 11.0. The summed E-state index contributed by atoms with van der Waals surface area (Å²) >= 11 is 0. The zero-order valence-electron chi connectivity index (χ0n) is 25.7. The number of methoxy groups -OCH3 is 1. The van der Waals surface area contributed by atoms with Gasteiger partial charge in [-0.15, -0.1) is 0 Å². The molecule has 4 aliphatic rings. The minimum Gasteiger partial charge on any atom is -0.391 e. The monoisotopic (exact) mass is 580 g/mol. The van der Waals surface area contributed by atoms with Gasteiger partial charge in [0, 0.05) is 17.2 Å². The Bertz CT molecular complexity index is 993. The van der Waals surface area contributed by atoms with Crippen molar-refractivity contribution in [2.45, 2.75) is 140 Å².